The lowest BCUT2D eigenvalue weighted by atomic mass is 10.0. The van der Waals surface area contributed by atoms with Crippen LogP contribution in [0.4, 0.5) is 5.82 Å². The third-order valence-corrected chi connectivity index (χ3v) is 4.49. The summed E-state index contributed by atoms with van der Waals surface area (Å²) in [5, 5.41) is 8.56. The average Bonchev–Trinajstić information content (AvgIpc) is 3.09. The van der Waals surface area contributed by atoms with Crippen LogP contribution in [-0.4, -0.2) is 42.3 Å². The quantitative estimate of drug-likeness (QED) is 0.866. The first-order valence-electron chi connectivity index (χ1n) is 8.00. The van der Waals surface area contributed by atoms with E-state index >= 15 is 0 Å². The first kappa shape index (κ1) is 15.0. The van der Waals surface area contributed by atoms with E-state index in [1.807, 2.05) is 31.1 Å². The predicted molar refractivity (Wildman–Crippen MR) is 91.0 cm³/mol. The summed E-state index contributed by atoms with van der Waals surface area (Å²) in [6.45, 7) is 4.74. The molecule has 4 heteroatoms. The number of nitrogens with zero attached hydrogens (tertiary/aromatic N) is 4. The average molecular weight is 296 g/mol. The maximum Gasteiger partial charge on any atom is 0.150 e. The molecule has 0 N–H and O–H groups in total. The summed E-state index contributed by atoms with van der Waals surface area (Å²) in [4.78, 5) is 4.51. The maximum absolute atomic E-state index is 4.32. The van der Waals surface area contributed by atoms with Gasteiger partial charge in [0.25, 0.3) is 0 Å². The van der Waals surface area contributed by atoms with E-state index in [0.29, 0.717) is 6.04 Å². The largest absolute Gasteiger partial charge is 0.361 e. The van der Waals surface area contributed by atoms with Gasteiger partial charge in [0.2, 0.25) is 0 Å². The van der Waals surface area contributed by atoms with Gasteiger partial charge in [-0.05, 0) is 50.6 Å². The van der Waals surface area contributed by atoms with E-state index in [-0.39, 0.29) is 0 Å². The summed E-state index contributed by atoms with van der Waals surface area (Å²) in [6, 6.07) is 13.3. The van der Waals surface area contributed by atoms with Gasteiger partial charge in [-0.3, -0.25) is 4.90 Å². The van der Waals surface area contributed by atoms with E-state index in [1.165, 1.54) is 31.5 Å². The van der Waals surface area contributed by atoms with Gasteiger partial charge in [-0.15, -0.1) is 10.2 Å². The highest BCUT2D eigenvalue weighted by Gasteiger charge is 2.19. The number of benzene rings is 1. The normalized spacial score (nSPS) is 16.7. The maximum atomic E-state index is 4.32. The lowest BCUT2D eigenvalue weighted by Gasteiger charge is -2.24. The molecule has 2 heterocycles. The Labute approximate surface area is 132 Å². The van der Waals surface area contributed by atoms with Crippen LogP contribution >= 0.6 is 0 Å². The third-order valence-electron chi connectivity index (χ3n) is 4.49. The standard InChI is InChI=1S/C18H24N4/c1-14(22-12-4-5-13-22)15-6-8-16(9-7-15)17-10-11-18(20-19-17)21(2)3/h6-11,14H,4-5,12-13H2,1-3H3/t14-/m0/s1. The minimum absolute atomic E-state index is 0.499. The van der Waals surface area contributed by atoms with Gasteiger partial charge in [-0.1, -0.05) is 24.3 Å². The van der Waals surface area contributed by atoms with E-state index < -0.39 is 0 Å². The van der Waals surface area contributed by atoms with Gasteiger partial charge in [0.05, 0.1) is 5.69 Å². The van der Waals surface area contributed by atoms with Crippen LogP contribution < -0.4 is 4.90 Å². The van der Waals surface area contributed by atoms with Crippen LogP contribution in [-0.2, 0) is 0 Å². The van der Waals surface area contributed by atoms with Crippen molar-refractivity contribution in [3.63, 3.8) is 0 Å². The Hall–Kier alpha value is -1.94. The topological polar surface area (TPSA) is 32.3 Å². The second-order valence-electron chi connectivity index (χ2n) is 6.21. The Morgan fingerprint density at radius 1 is 0.955 bits per heavy atom. The van der Waals surface area contributed by atoms with E-state index in [2.05, 4.69) is 46.3 Å². The molecule has 4 nitrogen and oxygen atoms in total. The fourth-order valence-corrected chi connectivity index (χ4v) is 2.99. The van der Waals surface area contributed by atoms with E-state index in [0.717, 1.165) is 17.1 Å². The molecule has 1 aliphatic rings. The number of hydrogen-bond acceptors (Lipinski definition) is 4. The van der Waals surface area contributed by atoms with Crippen molar-refractivity contribution in [2.75, 3.05) is 32.1 Å². The number of anilines is 1. The second-order valence-corrected chi connectivity index (χ2v) is 6.21. The van der Waals surface area contributed by atoms with Crippen molar-refractivity contribution in [1.82, 2.24) is 15.1 Å². The van der Waals surface area contributed by atoms with Crippen LogP contribution in [0.1, 0.15) is 31.4 Å². The molecule has 1 saturated heterocycles. The highest BCUT2D eigenvalue weighted by molar-refractivity contribution is 5.60. The van der Waals surface area contributed by atoms with Gasteiger partial charge in [0.15, 0.2) is 5.82 Å². The Kier molecular flexibility index (Phi) is 4.39. The van der Waals surface area contributed by atoms with Crippen LogP contribution in [0.2, 0.25) is 0 Å². The number of rotatable bonds is 4. The Bertz CT molecular complexity index is 598. The molecular formula is C18H24N4. The molecule has 0 radical (unpaired) electrons. The first-order valence-corrected chi connectivity index (χ1v) is 8.00. The smallest absolute Gasteiger partial charge is 0.150 e. The zero-order valence-corrected chi connectivity index (χ0v) is 13.7. The number of likely N-dealkylation sites (tertiary alicyclic amines) is 1. The molecule has 0 aliphatic carbocycles. The lowest BCUT2D eigenvalue weighted by molar-refractivity contribution is 0.263. The van der Waals surface area contributed by atoms with Crippen LogP contribution in [0.5, 0.6) is 0 Å². The molecule has 0 spiro atoms. The van der Waals surface area contributed by atoms with Crippen LogP contribution in [0.15, 0.2) is 36.4 Å². The van der Waals surface area contributed by atoms with E-state index in [9.17, 15) is 0 Å². The van der Waals surface area contributed by atoms with Crippen molar-refractivity contribution in [2.24, 2.45) is 0 Å². The van der Waals surface area contributed by atoms with Gasteiger partial charge in [-0.25, -0.2) is 0 Å². The van der Waals surface area contributed by atoms with Crippen molar-refractivity contribution in [1.29, 1.82) is 0 Å². The first-order chi connectivity index (χ1) is 10.6. The molecule has 3 rings (SSSR count). The van der Waals surface area contributed by atoms with Gasteiger partial charge in [0, 0.05) is 25.7 Å². The molecular weight excluding hydrogens is 272 g/mol. The minimum atomic E-state index is 0.499. The third kappa shape index (κ3) is 3.12. The lowest BCUT2D eigenvalue weighted by Crippen LogP contribution is -2.23. The zero-order valence-electron chi connectivity index (χ0n) is 13.7. The second kappa shape index (κ2) is 6.44. The van der Waals surface area contributed by atoms with Gasteiger partial charge >= 0.3 is 0 Å². The summed E-state index contributed by atoms with van der Waals surface area (Å²) in [7, 11) is 3.94. The highest BCUT2D eigenvalue weighted by Crippen LogP contribution is 2.26. The van der Waals surface area contributed by atoms with Crippen molar-refractivity contribution in [3.8, 4) is 11.3 Å². The van der Waals surface area contributed by atoms with Crippen LogP contribution in [0.3, 0.4) is 0 Å². The Morgan fingerprint density at radius 2 is 1.64 bits per heavy atom. The molecule has 0 saturated carbocycles. The SMILES string of the molecule is C[C@@H](c1ccc(-c2ccc(N(C)C)nn2)cc1)N1CCCC1. The summed E-state index contributed by atoms with van der Waals surface area (Å²) in [5.74, 6) is 0.878. The van der Waals surface area contributed by atoms with Crippen molar-refractivity contribution in [2.45, 2.75) is 25.8 Å². The molecule has 0 amide bonds. The fraction of sp³-hybridized carbons (Fsp3) is 0.444. The summed E-state index contributed by atoms with van der Waals surface area (Å²) in [5.41, 5.74) is 3.42. The molecule has 0 bridgehead atoms. The predicted octanol–water partition coefficient (Wildman–Crippen LogP) is 3.37. The zero-order chi connectivity index (χ0) is 15.5. The van der Waals surface area contributed by atoms with Gasteiger partial charge < -0.3 is 4.90 Å². The highest BCUT2D eigenvalue weighted by atomic mass is 15.2. The molecule has 1 atom stereocenters. The number of hydrogen-bond donors (Lipinski definition) is 0. The summed E-state index contributed by atoms with van der Waals surface area (Å²) >= 11 is 0. The molecule has 1 aliphatic heterocycles. The molecule has 2 aromatic rings. The van der Waals surface area contributed by atoms with Crippen molar-refractivity contribution < 1.29 is 0 Å². The molecule has 1 aromatic heterocycles. The number of aromatic nitrogens is 2. The summed E-state index contributed by atoms with van der Waals surface area (Å²) < 4.78 is 0. The fourth-order valence-electron chi connectivity index (χ4n) is 2.99. The molecule has 1 fully saturated rings. The molecule has 116 valence electrons. The van der Waals surface area contributed by atoms with Crippen LogP contribution in [0.25, 0.3) is 11.3 Å². The van der Waals surface area contributed by atoms with Crippen molar-refractivity contribution >= 4 is 5.82 Å². The van der Waals surface area contributed by atoms with Gasteiger partial charge in [-0.2, -0.15) is 0 Å². The monoisotopic (exact) mass is 296 g/mol. The minimum Gasteiger partial charge on any atom is -0.361 e. The molecule has 22 heavy (non-hydrogen) atoms. The van der Waals surface area contributed by atoms with E-state index in [4.69, 9.17) is 0 Å². The Balaban J connectivity index is 1.75. The van der Waals surface area contributed by atoms with Gasteiger partial charge in [0.1, 0.15) is 0 Å². The summed E-state index contributed by atoms with van der Waals surface area (Å²) in [6.07, 6.45) is 2.66. The van der Waals surface area contributed by atoms with Crippen LogP contribution in [0, 0.1) is 0 Å². The Morgan fingerprint density at radius 3 is 2.18 bits per heavy atom. The molecule has 0 unspecified atom stereocenters. The van der Waals surface area contributed by atoms with Crippen molar-refractivity contribution in [3.05, 3.63) is 42.0 Å². The van der Waals surface area contributed by atoms with E-state index in [1.54, 1.807) is 0 Å². The molecule has 1 aromatic carbocycles.